The Labute approximate surface area is 143 Å². The molecule has 0 spiro atoms. The monoisotopic (exact) mass is 352 g/mol. The van der Waals surface area contributed by atoms with Gasteiger partial charge in [0.1, 0.15) is 11.3 Å². The van der Waals surface area contributed by atoms with E-state index in [0.717, 1.165) is 30.7 Å². The van der Waals surface area contributed by atoms with Crippen LogP contribution in [-0.4, -0.2) is 34.3 Å². The second-order valence-corrected chi connectivity index (χ2v) is 7.64. The molecule has 23 heavy (non-hydrogen) atoms. The molecule has 3 heterocycles. The largest absolute Gasteiger partial charge is 0.355 e. The number of hydrogen-bond acceptors (Lipinski definition) is 5. The van der Waals surface area contributed by atoms with Crippen molar-refractivity contribution in [2.24, 2.45) is 11.8 Å². The molecular weight excluding hydrogens is 335 g/mol. The maximum Gasteiger partial charge on any atom is 0.189 e. The molecule has 1 saturated heterocycles. The molecule has 122 valence electrons. The summed E-state index contributed by atoms with van der Waals surface area (Å²) >= 11 is 7.34. The van der Waals surface area contributed by atoms with Gasteiger partial charge in [0.2, 0.25) is 0 Å². The third kappa shape index (κ3) is 2.56. The smallest absolute Gasteiger partial charge is 0.189 e. The Morgan fingerprint density at radius 2 is 1.87 bits per heavy atom. The van der Waals surface area contributed by atoms with Crippen LogP contribution in [0.1, 0.15) is 25.0 Å². The van der Waals surface area contributed by atoms with E-state index in [1.165, 1.54) is 31.0 Å². The van der Waals surface area contributed by atoms with Crippen molar-refractivity contribution < 1.29 is 4.39 Å². The fraction of sp³-hybridized carbons (Fsp3) is 0.562. The van der Waals surface area contributed by atoms with Crippen molar-refractivity contribution in [3.63, 3.8) is 0 Å². The summed E-state index contributed by atoms with van der Waals surface area (Å²) in [5.41, 5.74) is 0.974. The Morgan fingerprint density at radius 1 is 1.17 bits per heavy atom. The predicted molar refractivity (Wildman–Crippen MR) is 91.9 cm³/mol. The third-order valence-corrected chi connectivity index (χ3v) is 5.77. The Hall–Kier alpha value is -1.14. The van der Waals surface area contributed by atoms with Crippen LogP contribution in [0.4, 0.5) is 10.2 Å². The first-order chi connectivity index (χ1) is 11.1. The quantitative estimate of drug-likeness (QED) is 0.462. The van der Waals surface area contributed by atoms with Crippen LogP contribution >= 0.6 is 23.4 Å². The summed E-state index contributed by atoms with van der Waals surface area (Å²) in [6, 6.07) is 0. The van der Waals surface area contributed by atoms with E-state index in [1.54, 1.807) is 0 Å². The number of piperidine rings is 1. The van der Waals surface area contributed by atoms with Crippen LogP contribution in [0.5, 0.6) is 0 Å². The van der Waals surface area contributed by atoms with Gasteiger partial charge in [-0.1, -0.05) is 23.4 Å². The lowest BCUT2D eigenvalue weighted by molar-refractivity contribution is 0.419. The molecule has 2 bridgehead atoms. The van der Waals surface area contributed by atoms with Gasteiger partial charge in [-0.05, 0) is 44.3 Å². The molecule has 0 N–H and O–H groups in total. The first kappa shape index (κ1) is 15.4. The maximum absolute atomic E-state index is 14.5. The standard InChI is InChI=1S/C16H18ClFN4S/c1-8-11-13(12(18)14(17)19-8)20-16(23-2)21-15(11)22-6-9-3-4-10(5-9)7-22/h9-10H,3-7H2,1-2H3. The molecule has 2 atom stereocenters. The highest BCUT2D eigenvalue weighted by Gasteiger charge is 2.34. The normalized spacial score (nSPS) is 23.7. The first-order valence-electron chi connectivity index (χ1n) is 7.89. The molecule has 1 aliphatic carbocycles. The molecule has 2 aliphatic rings. The van der Waals surface area contributed by atoms with Gasteiger partial charge < -0.3 is 4.90 Å². The fourth-order valence-corrected chi connectivity index (χ4v) is 4.55. The van der Waals surface area contributed by atoms with E-state index < -0.39 is 5.82 Å². The van der Waals surface area contributed by atoms with Gasteiger partial charge >= 0.3 is 0 Å². The van der Waals surface area contributed by atoms with Crippen LogP contribution in [0.25, 0.3) is 10.9 Å². The lowest BCUT2D eigenvalue weighted by atomic mass is 9.98. The molecule has 4 rings (SSSR count). The van der Waals surface area contributed by atoms with Gasteiger partial charge in [-0.3, -0.25) is 0 Å². The van der Waals surface area contributed by atoms with Gasteiger partial charge in [-0.2, -0.15) is 0 Å². The molecule has 1 aliphatic heterocycles. The second-order valence-electron chi connectivity index (χ2n) is 6.51. The minimum atomic E-state index is -0.550. The number of halogens is 2. The summed E-state index contributed by atoms with van der Waals surface area (Å²) in [6.45, 7) is 3.82. The van der Waals surface area contributed by atoms with Crippen molar-refractivity contribution in [2.75, 3.05) is 24.2 Å². The van der Waals surface area contributed by atoms with E-state index in [0.29, 0.717) is 16.2 Å². The molecular formula is C16H18ClFN4S. The summed E-state index contributed by atoms with van der Waals surface area (Å²) in [5.74, 6) is 1.71. The van der Waals surface area contributed by atoms with Crippen molar-refractivity contribution in [3.05, 3.63) is 16.7 Å². The lowest BCUT2D eigenvalue weighted by Gasteiger charge is -2.33. The SMILES string of the molecule is CSc1nc(N2CC3CCC(C3)C2)c2c(C)nc(Cl)c(F)c2n1. The average Bonchev–Trinajstić information content (AvgIpc) is 2.89. The van der Waals surface area contributed by atoms with Crippen LogP contribution in [0.15, 0.2) is 5.16 Å². The Morgan fingerprint density at radius 3 is 2.52 bits per heavy atom. The summed E-state index contributed by atoms with van der Waals surface area (Å²) in [5, 5.41) is 1.16. The zero-order valence-corrected chi connectivity index (χ0v) is 14.7. The summed E-state index contributed by atoms with van der Waals surface area (Å²) in [6.07, 6.45) is 5.79. The van der Waals surface area contributed by atoms with Gasteiger partial charge in [0, 0.05) is 13.1 Å². The molecule has 0 aromatic carbocycles. The Balaban J connectivity index is 1.92. The average molecular weight is 353 g/mol. The number of thioether (sulfide) groups is 1. The molecule has 2 aromatic heterocycles. The minimum absolute atomic E-state index is 0.120. The van der Waals surface area contributed by atoms with Gasteiger partial charge in [0.25, 0.3) is 0 Å². The summed E-state index contributed by atoms with van der Waals surface area (Å²) in [4.78, 5) is 15.5. The molecule has 2 fully saturated rings. The van der Waals surface area contributed by atoms with E-state index in [-0.39, 0.29) is 10.7 Å². The molecule has 0 amide bonds. The van der Waals surface area contributed by atoms with Gasteiger partial charge in [0.05, 0.1) is 11.1 Å². The molecule has 4 nitrogen and oxygen atoms in total. The van der Waals surface area contributed by atoms with Crippen molar-refractivity contribution in [2.45, 2.75) is 31.3 Å². The molecule has 7 heteroatoms. The number of pyridine rings is 1. The fourth-order valence-electron chi connectivity index (χ4n) is 3.97. The zero-order valence-electron chi connectivity index (χ0n) is 13.1. The van der Waals surface area contributed by atoms with Gasteiger partial charge in [-0.25, -0.2) is 19.3 Å². The van der Waals surface area contributed by atoms with Crippen molar-refractivity contribution >= 4 is 40.1 Å². The van der Waals surface area contributed by atoms with Crippen LogP contribution in [0, 0.1) is 24.6 Å². The number of rotatable bonds is 2. The van der Waals surface area contributed by atoms with E-state index in [1.807, 2.05) is 13.2 Å². The van der Waals surface area contributed by atoms with Crippen LogP contribution < -0.4 is 4.90 Å². The maximum atomic E-state index is 14.5. The highest BCUT2D eigenvalue weighted by atomic mass is 35.5. The van der Waals surface area contributed by atoms with Crippen LogP contribution in [-0.2, 0) is 0 Å². The van der Waals surface area contributed by atoms with Crippen LogP contribution in [0.3, 0.4) is 0 Å². The number of aromatic nitrogens is 3. The number of aryl methyl sites for hydroxylation is 1. The zero-order chi connectivity index (χ0) is 16.1. The highest BCUT2D eigenvalue weighted by Crippen LogP contribution is 2.40. The van der Waals surface area contributed by atoms with E-state index in [2.05, 4.69) is 14.9 Å². The molecule has 1 saturated carbocycles. The molecule has 2 aromatic rings. The highest BCUT2D eigenvalue weighted by molar-refractivity contribution is 7.98. The lowest BCUT2D eigenvalue weighted by Crippen LogP contribution is -2.37. The number of nitrogens with zero attached hydrogens (tertiary/aromatic N) is 4. The van der Waals surface area contributed by atoms with Gasteiger partial charge in [0.15, 0.2) is 16.1 Å². The third-order valence-electron chi connectivity index (χ3n) is 4.98. The second kappa shape index (κ2) is 5.74. The molecule has 2 unspecified atom stereocenters. The number of fused-ring (bicyclic) bond motifs is 3. The van der Waals surface area contributed by atoms with Crippen molar-refractivity contribution in [1.29, 1.82) is 0 Å². The molecule has 0 radical (unpaired) electrons. The van der Waals surface area contributed by atoms with E-state index in [9.17, 15) is 4.39 Å². The number of hydrogen-bond donors (Lipinski definition) is 0. The van der Waals surface area contributed by atoms with E-state index in [4.69, 9.17) is 16.6 Å². The van der Waals surface area contributed by atoms with Crippen molar-refractivity contribution in [1.82, 2.24) is 15.0 Å². The van der Waals surface area contributed by atoms with E-state index >= 15 is 0 Å². The Kier molecular flexibility index (Phi) is 3.84. The van der Waals surface area contributed by atoms with Gasteiger partial charge in [-0.15, -0.1) is 0 Å². The Bertz CT molecular complexity index is 772. The summed E-state index contributed by atoms with van der Waals surface area (Å²) < 4.78 is 14.5. The number of anilines is 1. The summed E-state index contributed by atoms with van der Waals surface area (Å²) in [7, 11) is 0. The topological polar surface area (TPSA) is 41.9 Å². The first-order valence-corrected chi connectivity index (χ1v) is 9.49. The minimum Gasteiger partial charge on any atom is -0.355 e. The predicted octanol–water partition coefficient (Wildman–Crippen LogP) is 4.08. The van der Waals surface area contributed by atoms with Crippen molar-refractivity contribution in [3.8, 4) is 0 Å². The van der Waals surface area contributed by atoms with Crippen LogP contribution in [0.2, 0.25) is 5.15 Å².